The van der Waals surface area contributed by atoms with E-state index in [0.29, 0.717) is 24.7 Å². The molecule has 1 unspecified atom stereocenters. The van der Waals surface area contributed by atoms with Gasteiger partial charge in [-0.2, -0.15) is 0 Å². The second kappa shape index (κ2) is 9.14. The summed E-state index contributed by atoms with van der Waals surface area (Å²) < 4.78 is 5.53. The van der Waals surface area contributed by atoms with Crippen LogP contribution in [0.1, 0.15) is 48.5 Å². The van der Waals surface area contributed by atoms with Gasteiger partial charge in [0.1, 0.15) is 0 Å². The minimum Gasteiger partial charge on any atom is -0.376 e. The summed E-state index contributed by atoms with van der Waals surface area (Å²) in [5, 5.41) is 9.30. The van der Waals surface area contributed by atoms with E-state index in [1.54, 1.807) is 6.07 Å². The van der Waals surface area contributed by atoms with Crippen LogP contribution in [0.25, 0.3) is 0 Å². The van der Waals surface area contributed by atoms with Crippen LogP contribution >= 0.6 is 0 Å². The Morgan fingerprint density at radius 2 is 2.15 bits per heavy atom. The molecule has 3 rings (SSSR count). The third-order valence-corrected chi connectivity index (χ3v) is 5.16. The first kappa shape index (κ1) is 18.9. The van der Waals surface area contributed by atoms with E-state index in [1.807, 2.05) is 18.2 Å². The Morgan fingerprint density at radius 3 is 2.92 bits per heavy atom. The van der Waals surface area contributed by atoms with Crippen LogP contribution in [0.5, 0.6) is 0 Å². The number of benzene rings is 1. The quantitative estimate of drug-likeness (QED) is 0.721. The maximum Gasteiger partial charge on any atom is 0.251 e. The first-order chi connectivity index (χ1) is 12.6. The van der Waals surface area contributed by atoms with E-state index < -0.39 is 0 Å². The fraction of sp³-hybridized carbons (Fsp3) is 0.600. The first-order valence-electron chi connectivity index (χ1n) is 9.61. The van der Waals surface area contributed by atoms with Gasteiger partial charge in [0.25, 0.3) is 5.91 Å². The number of carbonyl (C=O) groups is 2. The van der Waals surface area contributed by atoms with Crippen LogP contribution in [0.15, 0.2) is 24.3 Å². The zero-order chi connectivity index (χ0) is 18.4. The summed E-state index contributed by atoms with van der Waals surface area (Å²) in [6, 6.07) is 7.81. The maximum atomic E-state index is 12.4. The lowest BCUT2D eigenvalue weighted by molar-refractivity contribution is -0.126. The van der Waals surface area contributed by atoms with Gasteiger partial charge < -0.3 is 20.7 Å². The number of hydrogen-bond acceptors (Lipinski definition) is 4. The number of ether oxygens (including phenoxy) is 1. The van der Waals surface area contributed by atoms with Crippen molar-refractivity contribution in [3.63, 3.8) is 0 Å². The van der Waals surface area contributed by atoms with Gasteiger partial charge in [-0.3, -0.25) is 9.59 Å². The molecule has 3 atom stereocenters. The SMILES string of the molecule is C[C@H]1C[C@@H](C(=O)NCc2cccc(C(=O)NCC3CCCO3)c2)CCN1. The molecule has 0 bridgehead atoms. The predicted molar refractivity (Wildman–Crippen MR) is 99.8 cm³/mol. The second-order valence-corrected chi connectivity index (χ2v) is 7.34. The van der Waals surface area contributed by atoms with Crippen molar-refractivity contribution >= 4 is 11.8 Å². The number of hydrogen-bond donors (Lipinski definition) is 3. The van der Waals surface area contributed by atoms with Gasteiger partial charge in [-0.15, -0.1) is 0 Å². The fourth-order valence-electron chi connectivity index (χ4n) is 3.64. The summed E-state index contributed by atoms with van der Waals surface area (Å²) in [7, 11) is 0. The molecule has 6 heteroatoms. The molecular formula is C20H29N3O3. The molecule has 2 aliphatic heterocycles. The van der Waals surface area contributed by atoms with Crippen LogP contribution < -0.4 is 16.0 Å². The Bertz CT molecular complexity index is 628. The first-order valence-corrected chi connectivity index (χ1v) is 9.61. The molecule has 1 aromatic carbocycles. The van der Waals surface area contributed by atoms with Gasteiger partial charge in [-0.1, -0.05) is 12.1 Å². The Morgan fingerprint density at radius 1 is 1.27 bits per heavy atom. The highest BCUT2D eigenvalue weighted by Crippen LogP contribution is 2.16. The molecular weight excluding hydrogens is 330 g/mol. The van der Waals surface area contributed by atoms with Gasteiger partial charge in [-0.25, -0.2) is 0 Å². The summed E-state index contributed by atoms with van der Waals surface area (Å²) in [5.74, 6) is 0.0802. The molecule has 2 heterocycles. The summed E-state index contributed by atoms with van der Waals surface area (Å²) >= 11 is 0. The van der Waals surface area contributed by atoms with Crippen LogP contribution in [-0.4, -0.2) is 43.7 Å². The van der Waals surface area contributed by atoms with Crippen LogP contribution in [0.3, 0.4) is 0 Å². The Balaban J connectivity index is 1.48. The Hall–Kier alpha value is -1.92. The third kappa shape index (κ3) is 5.29. The van der Waals surface area contributed by atoms with Gasteiger partial charge in [0.2, 0.25) is 5.91 Å². The predicted octanol–water partition coefficient (Wildman–Crippen LogP) is 1.60. The minimum atomic E-state index is -0.0964. The van der Waals surface area contributed by atoms with Gasteiger partial charge in [0, 0.05) is 37.2 Å². The largest absolute Gasteiger partial charge is 0.376 e. The van der Waals surface area contributed by atoms with Crippen LogP contribution in [0.2, 0.25) is 0 Å². The monoisotopic (exact) mass is 359 g/mol. The summed E-state index contributed by atoms with van der Waals surface area (Å²) in [4.78, 5) is 24.7. The third-order valence-electron chi connectivity index (χ3n) is 5.16. The Labute approximate surface area is 155 Å². The van der Waals surface area contributed by atoms with Gasteiger partial charge in [0.15, 0.2) is 0 Å². The number of nitrogens with one attached hydrogen (secondary N) is 3. The molecule has 6 nitrogen and oxygen atoms in total. The topological polar surface area (TPSA) is 79.5 Å². The summed E-state index contributed by atoms with van der Waals surface area (Å²) in [5.41, 5.74) is 1.55. The number of amides is 2. The van der Waals surface area contributed by atoms with Crippen molar-refractivity contribution in [2.24, 2.45) is 5.92 Å². The molecule has 0 saturated carbocycles. The smallest absolute Gasteiger partial charge is 0.251 e. The van der Waals surface area contributed by atoms with E-state index in [-0.39, 0.29) is 23.8 Å². The molecule has 2 aliphatic rings. The molecule has 2 amide bonds. The molecule has 0 radical (unpaired) electrons. The molecule has 26 heavy (non-hydrogen) atoms. The van der Waals surface area contributed by atoms with Gasteiger partial charge in [-0.05, 0) is 56.8 Å². The normalized spacial score (nSPS) is 25.7. The highest BCUT2D eigenvalue weighted by molar-refractivity contribution is 5.94. The molecule has 0 aliphatic carbocycles. The van der Waals surface area contributed by atoms with E-state index >= 15 is 0 Å². The van der Waals surface area contributed by atoms with E-state index in [1.165, 1.54) is 0 Å². The molecule has 0 spiro atoms. The van der Waals surface area contributed by atoms with Gasteiger partial charge >= 0.3 is 0 Å². The molecule has 0 aromatic heterocycles. The van der Waals surface area contributed by atoms with Crippen molar-refractivity contribution in [3.8, 4) is 0 Å². The minimum absolute atomic E-state index is 0.0733. The lowest BCUT2D eigenvalue weighted by Crippen LogP contribution is -2.42. The fourth-order valence-corrected chi connectivity index (χ4v) is 3.64. The van der Waals surface area contributed by atoms with Gasteiger partial charge in [0.05, 0.1) is 6.10 Å². The van der Waals surface area contributed by atoms with E-state index in [2.05, 4.69) is 22.9 Å². The standard InChI is InChI=1S/C20H29N3O3/c1-14-10-17(7-8-21-14)20(25)22-12-15-4-2-5-16(11-15)19(24)23-13-18-6-3-9-26-18/h2,4-5,11,14,17-18,21H,3,6-10,12-13H2,1H3,(H,22,25)(H,23,24)/t14-,17-,18?/m0/s1. The van der Waals surface area contributed by atoms with E-state index in [0.717, 1.165) is 44.4 Å². The molecule has 142 valence electrons. The molecule has 3 N–H and O–H groups in total. The van der Waals surface area contributed by atoms with Crippen molar-refractivity contribution in [3.05, 3.63) is 35.4 Å². The molecule has 2 fully saturated rings. The van der Waals surface area contributed by atoms with E-state index in [4.69, 9.17) is 4.74 Å². The van der Waals surface area contributed by atoms with Crippen molar-refractivity contribution in [2.75, 3.05) is 19.7 Å². The highest BCUT2D eigenvalue weighted by Gasteiger charge is 2.24. The van der Waals surface area contributed by atoms with Crippen molar-refractivity contribution < 1.29 is 14.3 Å². The van der Waals surface area contributed by atoms with Crippen molar-refractivity contribution in [1.29, 1.82) is 0 Å². The van der Waals surface area contributed by atoms with Crippen LogP contribution in [0.4, 0.5) is 0 Å². The van der Waals surface area contributed by atoms with Crippen molar-refractivity contribution in [2.45, 2.75) is 51.3 Å². The average Bonchev–Trinajstić information content (AvgIpc) is 3.18. The zero-order valence-corrected chi connectivity index (χ0v) is 15.4. The Kier molecular flexibility index (Phi) is 6.63. The number of piperidine rings is 1. The summed E-state index contributed by atoms with van der Waals surface area (Å²) in [6.07, 6.45) is 3.95. The average molecular weight is 359 g/mol. The van der Waals surface area contributed by atoms with Crippen molar-refractivity contribution in [1.82, 2.24) is 16.0 Å². The lowest BCUT2D eigenvalue weighted by atomic mass is 9.92. The zero-order valence-electron chi connectivity index (χ0n) is 15.4. The van der Waals surface area contributed by atoms with E-state index in [9.17, 15) is 9.59 Å². The molecule has 2 saturated heterocycles. The second-order valence-electron chi connectivity index (χ2n) is 7.34. The van der Waals surface area contributed by atoms with Crippen LogP contribution in [-0.2, 0) is 16.1 Å². The highest BCUT2D eigenvalue weighted by atomic mass is 16.5. The number of carbonyl (C=O) groups excluding carboxylic acids is 2. The lowest BCUT2D eigenvalue weighted by Gasteiger charge is -2.27. The van der Waals surface area contributed by atoms with Crippen LogP contribution in [0, 0.1) is 5.92 Å². The molecule has 1 aromatic rings. The summed E-state index contributed by atoms with van der Waals surface area (Å²) in [6.45, 7) is 4.78. The number of rotatable bonds is 6. The maximum absolute atomic E-state index is 12.4.